The summed E-state index contributed by atoms with van der Waals surface area (Å²) in [6, 6.07) is 15.1. The predicted molar refractivity (Wildman–Crippen MR) is 122 cm³/mol. The number of anilines is 3. The minimum Gasteiger partial charge on any atom is -0.369 e. The van der Waals surface area contributed by atoms with Gasteiger partial charge >= 0.3 is 6.03 Å². The van der Waals surface area contributed by atoms with Gasteiger partial charge in [-0.25, -0.2) is 4.79 Å². The van der Waals surface area contributed by atoms with Crippen LogP contribution in [0.4, 0.5) is 21.9 Å². The van der Waals surface area contributed by atoms with Crippen LogP contribution >= 0.6 is 0 Å². The van der Waals surface area contributed by atoms with E-state index in [2.05, 4.69) is 39.6 Å². The molecule has 160 valence electrons. The van der Waals surface area contributed by atoms with Crippen molar-refractivity contribution >= 4 is 29.0 Å². The molecule has 3 N–H and O–H groups in total. The minimum atomic E-state index is -0.272. The molecule has 0 spiro atoms. The SMILES string of the molecule is CCNC(=O)Nc1cccc(NC(=O)c2ccc(N3CCN(C(C)C)CC3)cc2)c1. The highest BCUT2D eigenvalue weighted by Crippen LogP contribution is 2.20. The Morgan fingerprint density at radius 3 is 2.17 bits per heavy atom. The fourth-order valence-electron chi connectivity index (χ4n) is 3.53. The number of nitrogens with one attached hydrogen (secondary N) is 3. The summed E-state index contributed by atoms with van der Waals surface area (Å²) in [6.07, 6.45) is 0. The lowest BCUT2D eigenvalue weighted by atomic mass is 10.1. The topological polar surface area (TPSA) is 76.7 Å². The molecule has 0 unspecified atom stereocenters. The molecule has 3 rings (SSSR count). The number of urea groups is 1. The molecule has 0 aromatic heterocycles. The zero-order valence-electron chi connectivity index (χ0n) is 17.9. The van der Waals surface area contributed by atoms with Crippen molar-refractivity contribution in [3.05, 3.63) is 54.1 Å². The first-order valence-electron chi connectivity index (χ1n) is 10.5. The summed E-state index contributed by atoms with van der Waals surface area (Å²) >= 11 is 0. The maximum Gasteiger partial charge on any atom is 0.319 e. The van der Waals surface area contributed by atoms with E-state index in [1.54, 1.807) is 24.3 Å². The Kier molecular flexibility index (Phi) is 7.30. The molecule has 1 fully saturated rings. The normalized spacial score (nSPS) is 14.5. The second-order valence-electron chi connectivity index (χ2n) is 7.68. The number of piperazine rings is 1. The van der Waals surface area contributed by atoms with E-state index in [0.29, 0.717) is 29.5 Å². The molecule has 2 aromatic rings. The summed E-state index contributed by atoms with van der Waals surface area (Å²) in [4.78, 5) is 29.1. The molecule has 30 heavy (non-hydrogen) atoms. The van der Waals surface area contributed by atoms with Crippen molar-refractivity contribution in [2.45, 2.75) is 26.8 Å². The van der Waals surface area contributed by atoms with E-state index < -0.39 is 0 Å². The van der Waals surface area contributed by atoms with Crippen molar-refractivity contribution in [1.82, 2.24) is 10.2 Å². The summed E-state index contributed by atoms with van der Waals surface area (Å²) in [5.74, 6) is -0.179. The molecule has 1 saturated heterocycles. The second-order valence-corrected chi connectivity index (χ2v) is 7.68. The first kappa shape index (κ1) is 21.6. The molecule has 0 atom stereocenters. The molecule has 0 aliphatic carbocycles. The van der Waals surface area contributed by atoms with Crippen LogP contribution in [-0.4, -0.2) is 55.6 Å². The molecule has 0 bridgehead atoms. The lowest BCUT2D eigenvalue weighted by Gasteiger charge is -2.38. The fraction of sp³-hybridized carbons (Fsp3) is 0.391. The average molecular weight is 410 g/mol. The molecule has 1 heterocycles. The van der Waals surface area contributed by atoms with Crippen LogP contribution < -0.4 is 20.9 Å². The van der Waals surface area contributed by atoms with E-state index in [4.69, 9.17) is 0 Å². The maximum atomic E-state index is 12.6. The Morgan fingerprint density at radius 1 is 0.933 bits per heavy atom. The van der Waals surface area contributed by atoms with E-state index >= 15 is 0 Å². The van der Waals surface area contributed by atoms with Crippen molar-refractivity contribution in [2.75, 3.05) is 48.3 Å². The quantitative estimate of drug-likeness (QED) is 0.681. The summed E-state index contributed by atoms with van der Waals surface area (Å²) in [7, 11) is 0. The summed E-state index contributed by atoms with van der Waals surface area (Å²) in [6.45, 7) is 11.0. The number of rotatable bonds is 6. The standard InChI is InChI=1S/C23H31N5O2/c1-4-24-23(30)26-20-7-5-6-19(16-20)25-22(29)18-8-10-21(11-9-18)28-14-12-27(13-15-28)17(2)3/h5-11,16-17H,4,12-15H2,1-3H3,(H,25,29)(H2,24,26,30). The predicted octanol–water partition coefficient (Wildman–Crippen LogP) is 3.61. The Labute approximate surface area is 178 Å². The second kappa shape index (κ2) is 10.1. The minimum absolute atomic E-state index is 0.179. The smallest absolute Gasteiger partial charge is 0.319 e. The van der Waals surface area contributed by atoms with Gasteiger partial charge in [0, 0.05) is 61.4 Å². The fourth-order valence-corrected chi connectivity index (χ4v) is 3.53. The highest BCUT2D eigenvalue weighted by atomic mass is 16.2. The van der Waals surface area contributed by atoms with Crippen LogP contribution in [0, 0.1) is 0 Å². The maximum absolute atomic E-state index is 12.6. The van der Waals surface area contributed by atoms with Gasteiger partial charge < -0.3 is 20.9 Å². The van der Waals surface area contributed by atoms with E-state index in [1.807, 2.05) is 31.2 Å². The Morgan fingerprint density at radius 2 is 1.57 bits per heavy atom. The number of nitrogens with zero attached hydrogens (tertiary/aromatic N) is 2. The third-order valence-electron chi connectivity index (χ3n) is 5.25. The first-order valence-corrected chi connectivity index (χ1v) is 10.5. The monoisotopic (exact) mass is 409 g/mol. The Balaban J connectivity index is 1.58. The van der Waals surface area contributed by atoms with Gasteiger partial charge in [-0.3, -0.25) is 9.69 Å². The van der Waals surface area contributed by atoms with Crippen LogP contribution in [-0.2, 0) is 0 Å². The van der Waals surface area contributed by atoms with Crippen LogP contribution in [0.1, 0.15) is 31.1 Å². The van der Waals surface area contributed by atoms with Crippen LogP contribution in [0.15, 0.2) is 48.5 Å². The number of amides is 3. The molecule has 0 radical (unpaired) electrons. The van der Waals surface area contributed by atoms with Gasteiger partial charge in [-0.2, -0.15) is 0 Å². The van der Waals surface area contributed by atoms with Crippen molar-refractivity contribution in [1.29, 1.82) is 0 Å². The number of carbonyl (C=O) groups excluding carboxylic acids is 2. The van der Waals surface area contributed by atoms with Crippen molar-refractivity contribution in [3.63, 3.8) is 0 Å². The van der Waals surface area contributed by atoms with Crippen LogP contribution in [0.25, 0.3) is 0 Å². The van der Waals surface area contributed by atoms with Gasteiger partial charge in [0.1, 0.15) is 0 Å². The Hall–Kier alpha value is -3.06. The van der Waals surface area contributed by atoms with Crippen molar-refractivity contribution in [2.24, 2.45) is 0 Å². The largest absolute Gasteiger partial charge is 0.369 e. The van der Waals surface area contributed by atoms with Crippen LogP contribution in [0.5, 0.6) is 0 Å². The van der Waals surface area contributed by atoms with Gasteiger partial charge in [0.25, 0.3) is 5.91 Å². The van der Waals surface area contributed by atoms with Gasteiger partial charge in [-0.05, 0) is 63.2 Å². The molecule has 7 heteroatoms. The lowest BCUT2D eigenvalue weighted by molar-refractivity contribution is 0.102. The van der Waals surface area contributed by atoms with Gasteiger partial charge in [0.05, 0.1) is 0 Å². The zero-order chi connectivity index (χ0) is 21.5. The van der Waals surface area contributed by atoms with Gasteiger partial charge in [-0.15, -0.1) is 0 Å². The molecular formula is C23H31N5O2. The van der Waals surface area contributed by atoms with Gasteiger partial charge in [-0.1, -0.05) is 6.07 Å². The number of hydrogen-bond donors (Lipinski definition) is 3. The van der Waals surface area contributed by atoms with E-state index in [0.717, 1.165) is 31.9 Å². The summed E-state index contributed by atoms with van der Waals surface area (Å²) in [5.41, 5.74) is 2.99. The molecule has 7 nitrogen and oxygen atoms in total. The highest BCUT2D eigenvalue weighted by molar-refractivity contribution is 6.04. The van der Waals surface area contributed by atoms with Gasteiger partial charge in [0.15, 0.2) is 0 Å². The molecule has 3 amide bonds. The third kappa shape index (κ3) is 5.73. The molecule has 1 aliphatic rings. The molecular weight excluding hydrogens is 378 g/mol. The van der Waals surface area contributed by atoms with E-state index in [1.165, 1.54) is 0 Å². The lowest BCUT2D eigenvalue weighted by Crippen LogP contribution is -2.48. The number of benzene rings is 2. The molecule has 0 saturated carbocycles. The van der Waals surface area contributed by atoms with Crippen molar-refractivity contribution in [3.8, 4) is 0 Å². The molecule has 1 aliphatic heterocycles. The van der Waals surface area contributed by atoms with Crippen LogP contribution in [0.3, 0.4) is 0 Å². The van der Waals surface area contributed by atoms with E-state index in [-0.39, 0.29) is 11.9 Å². The zero-order valence-corrected chi connectivity index (χ0v) is 17.9. The number of carbonyl (C=O) groups is 2. The van der Waals surface area contributed by atoms with Crippen molar-refractivity contribution < 1.29 is 9.59 Å². The third-order valence-corrected chi connectivity index (χ3v) is 5.25. The van der Waals surface area contributed by atoms with Gasteiger partial charge in [0.2, 0.25) is 0 Å². The number of hydrogen-bond acceptors (Lipinski definition) is 4. The first-order chi connectivity index (χ1) is 14.5. The van der Waals surface area contributed by atoms with Crippen LogP contribution in [0.2, 0.25) is 0 Å². The van der Waals surface area contributed by atoms with E-state index in [9.17, 15) is 9.59 Å². The Bertz CT molecular complexity index is 858. The summed E-state index contributed by atoms with van der Waals surface area (Å²) in [5, 5.41) is 8.31. The summed E-state index contributed by atoms with van der Waals surface area (Å²) < 4.78 is 0. The average Bonchev–Trinajstić information content (AvgIpc) is 2.74. The molecule has 2 aromatic carbocycles. The highest BCUT2D eigenvalue weighted by Gasteiger charge is 2.19.